The fourth-order valence-corrected chi connectivity index (χ4v) is 14.2. The second-order valence-corrected chi connectivity index (χ2v) is 19.5. The maximum absolute atomic E-state index is 13.4. The molecule has 0 amide bonds. The molecule has 0 radical (unpaired) electrons. The van der Waals surface area contributed by atoms with Crippen LogP contribution in [0, 0.1) is 69.0 Å². The van der Waals surface area contributed by atoms with Crippen LogP contribution in [0.3, 0.4) is 0 Å². The monoisotopic (exact) mass is 650 g/mol. The zero-order valence-corrected chi connectivity index (χ0v) is 30.8. The molecule has 260 valence electrons. The van der Waals surface area contributed by atoms with Crippen molar-refractivity contribution in [2.24, 2.45) is 69.0 Å². The lowest BCUT2D eigenvalue weighted by atomic mass is 9.45. The number of methoxy groups -OCH3 is 2. The van der Waals surface area contributed by atoms with Gasteiger partial charge in [-0.25, -0.2) is 8.37 Å². The lowest BCUT2D eigenvalue weighted by molar-refractivity contribution is -0.135. The zero-order valence-electron chi connectivity index (χ0n) is 29.9. The van der Waals surface area contributed by atoms with E-state index in [2.05, 4.69) is 41.5 Å². The van der Waals surface area contributed by atoms with Gasteiger partial charge in [0.1, 0.15) is 0 Å². The van der Waals surface area contributed by atoms with Crippen LogP contribution >= 0.6 is 0 Å². The molecule has 0 aliphatic heterocycles. The van der Waals surface area contributed by atoms with E-state index in [0.717, 1.165) is 75.4 Å². The Morgan fingerprint density at radius 2 is 0.978 bits per heavy atom. The van der Waals surface area contributed by atoms with Gasteiger partial charge in [-0.3, -0.25) is 0 Å². The Morgan fingerprint density at radius 1 is 0.578 bits per heavy atom. The van der Waals surface area contributed by atoms with E-state index in [-0.39, 0.29) is 33.9 Å². The molecule has 0 bridgehead atoms. The normalized spacial score (nSPS) is 51.8. The molecule has 6 saturated carbocycles. The Labute approximate surface area is 276 Å². The summed E-state index contributed by atoms with van der Waals surface area (Å²) in [4.78, 5) is 0. The van der Waals surface area contributed by atoms with Gasteiger partial charge >= 0.3 is 10.4 Å². The van der Waals surface area contributed by atoms with Crippen molar-refractivity contribution in [3.05, 3.63) is 0 Å². The summed E-state index contributed by atoms with van der Waals surface area (Å²) >= 11 is 0. The molecule has 6 fully saturated rings. The van der Waals surface area contributed by atoms with Crippen LogP contribution in [0.4, 0.5) is 0 Å². The van der Waals surface area contributed by atoms with Crippen LogP contribution in [0.5, 0.6) is 0 Å². The Morgan fingerprint density at radius 3 is 1.36 bits per heavy atom. The number of rotatable bonds is 8. The first-order valence-electron chi connectivity index (χ1n) is 18.8. The van der Waals surface area contributed by atoms with E-state index in [4.69, 9.17) is 17.8 Å². The van der Waals surface area contributed by atoms with E-state index < -0.39 is 10.4 Å². The summed E-state index contributed by atoms with van der Waals surface area (Å²) in [5.41, 5.74) is 1.09. The van der Waals surface area contributed by atoms with Crippen molar-refractivity contribution in [3.63, 3.8) is 0 Å². The Kier molecular flexibility index (Phi) is 9.70. The first-order chi connectivity index (χ1) is 21.2. The van der Waals surface area contributed by atoms with Crippen molar-refractivity contribution in [2.75, 3.05) is 27.4 Å². The van der Waals surface area contributed by atoms with Crippen LogP contribution < -0.4 is 0 Å². The molecule has 0 N–H and O–H groups in total. The zero-order chi connectivity index (χ0) is 32.4. The lowest BCUT2D eigenvalue weighted by Gasteiger charge is -2.61. The van der Waals surface area contributed by atoms with Crippen LogP contribution in [-0.2, 0) is 28.2 Å². The fraction of sp³-hybridized carbons (Fsp3) is 1.00. The largest absolute Gasteiger partial charge is 0.400 e. The molecule has 0 heterocycles. The second kappa shape index (κ2) is 12.6. The van der Waals surface area contributed by atoms with E-state index in [1.807, 2.05) is 14.2 Å². The minimum atomic E-state index is -4.03. The first-order valence-corrected chi connectivity index (χ1v) is 20.1. The third-order valence-electron chi connectivity index (χ3n) is 16.4. The third-order valence-corrected chi connectivity index (χ3v) is 17.4. The van der Waals surface area contributed by atoms with Gasteiger partial charge in [0.15, 0.2) is 0 Å². The van der Waals surface area contributed by atoms with Crippen LogP contribution in [0.1, 0.15) is 131 Å². The summed E-state index contributed by atoms with van der Waals surface area (Å²) < 4.78 is 50.0. The first kappa shape index (κ1) is 34.6. The summed E-state index contributed by atoms with van der Waals surface area (Å²) in [6.07, 6.45) is 14.8. The van der Waals surface area contributed by atoms with Crippen molar-refractivity contribution in [2.45, 2.75) is 144 Å². The second-order valence-electron chi connectivity index (χ2n) is 18.3. The molecule has 7 heteroatoms. The van der Waals surface area contributed by atoms with E-state index in [9.17, 15) is 8.42 Å². The van der Waals surface area contributed by atoms with E-state index >= 15 is 0 Å². The average Bonchev–Trinajstić information content (AvgIpc) is 2.97. The minimum Gasteiger partial charge on any atom is -0.384 e. The van der Waals surface area contributed by atoms with Crippen molar-refractivity contribution < 1.29 is 26.3 Å². The van der Waals surface area contributed by atoms with Crippen LogP contribution in [0.2, 0.25) is 0 Å². The smallest absolute Gasteiger partial charge is 0.384 e. The highest BCUT2D eigenvalue weighted by Gasteiger charge is 2.58. The molecule has 0 aromatic rings. The van der Waals surface area contributed by atoms with Gasteiger partial charge in [-0.1, -0.05) is 41.5 Å². The highest BCUT2D eigenvalue weighted by Crippen LogP contribution is 2.65. The molecule has 45 heavy (non-hydrogen) atoms. The quantitative estimate of drug-likeness (QED) is 0.261. The van der Waals surface area contributed by atoms with Gasteiger partial charge in [-0.05, 0) is 159 Å². The molecule has 0 spiro atoms. The average molecular weight is 651 g/mol. The molecule has 6 aliphatic carbocycles. The van der Waals surface area contributed by atoms with Crippen molar-refractivity contribution >= 4 is 10.4 Å². The minimum absolute atomic E-state index is 0.251. The van der Waals surface area contributed by atoms with Crippen LogP contribution in [-0.4, -0.2) is 48.1 Å². The fourth-order valence-electron chi connectivity index (χ4n) is 13.1. The van der Waals surface area contributed by atoms with Crippen molar-refractivity contribution in [3.8, 4) is 0 Å². The molecule has 0 aromatic heterocycles. The molecular formula is C38H66O6S. The summed E-state index contributed by atoms with van der Waals surface area (Å²) in [7, 11) is -0.351. The predicted octanol–water partition coefficient (Wildman–Crippen LogP) is 8.83. The maximum atomic E-state index is 13.4. The highest BCUT2D eigenvalue weighted by atomic mass is 32.3. The standard InChI is InChI=1S/C38H66O6S/c1-25-31-11-9-27-21-29(13-19-37(27,5)33(31)15-17-35(25,3)23-41-7)43-45(39,40)44-30-14-20-38(6)28(22-30)10-12-32-26(2)36(4,24-42-8)18-16-34(32)38/h25-34H,9-24H2,1-8H3/t25-,26-,27+,28+,29+,30+,31-,32-,33-,34-,35+,36+,37-,38-/m0/s1. The van der Waals surface area contributed by atoms with E-state index in [1.54, 1.807) is 0 Å². The van der Waals surface area contributed by atoms with Gasteiger partial charge < -0.3 is 9.47 Å². The Balaban J connectivity index is 1.03. The number of hydrogen-bond acceptors (Lipinski definition) is 6. The third kappa shape index (κ3) is 6.12. The van der Waals surface area contributed by atoms with Gasteiger partial charge in [0.05, 0.1) is 25.4 Å². The number of hydrogen-bond donors (Lipinski definition) is 0. The number of fused-ring (bicyclic) bond motifs is 6. The topological polar surface area (TPSA) is 71.1 Å². The molecular weight excluding hydrogens is 584 g/mol. The lowest BCUT2D eigenvalue weighted by Crippen LogP contribution is -2.55. The molecule has 0 aromatic carbocycles. The molecule has 0 unspecified atom stereocenters. The maximum Gasteiger partial charge on any atom is 0.400 e. The predicted molar refractivity (Wildman–Crippen MR) is 179 cm³/mol. The molecule has 6 rings (SSSR count). The summed E-state index contributed by atoms with van der Waals surface area (Å²) in [5.74, 6) is 5.28. The summed E-state index contributed by atoms with van der Waals surface area (Å²) in [6, 6.07) is 0. The summed E-state index contributed by atoms with van der Waals surface area (Å²) in [6.45, 7) is 16.5. The van der Waals surface area contributed by atoms with E-state index in [0.29, 0.717) is 23.7 Å². The van der Waals surface area contributed by atoms with Gasteiger partial charge in [-0.15, -0.1) is 0 Å². The van der Waals surface area contributed by atoms with Crippen molar-refractivity contribution in [1.82, 2.24) is 0 Å². The van der Waals surface area contributed by atoms with Gasteiger partial charge in [0.2, 0.25) is 0 Å². The van der Waals surface area contributed by atoms with Crippen molar-refractivity contribution in [1.29, 1.82) is 0 Å². The van der Waals surface area contributed by atoms with Gasteiger partial charge in [0.25, 0.3) is 0 Å². The molecule has 14 atom stereocenters. The Hall–Kier alpha value is -0.210. The molecule has 6 aliphatic rings. The van der Waals surface area contributed by atoms with E-state index in [1.165, 1.54) is 51.4 Å². The molecule has 6 nitrogen and oxygen atoms in total. The summed E-state index contributed by atoms with van der Waals surface area (Å²) in [5, 5.41) is 0. The Bertz CT molecular complexity index is 1080. The van der Waals surface area contributed by atoms with Crippen LogP contribution in [0.15, 0.2) is 0 Å². The van der Waals surface area contributed by atoms with Gasteiger partial charge in [-0.2, -0.15) is 8.42 Å². The molecule has 0 saturated heterocycles. The SMILES string of the molecule is COC[C@@]1(C)CC[C@H]2[C@@H](CC[C@@H]3C[C@H](OS(=O)(=O)O[C@@H]4CC[C@@]5(C)[C@H](CC[C@H]6[C@H](C)[C@@](C)(COC)CC[C@@H]65)C4)CC[C@@]32C)[C@@H]1C. The number of ether oxygens (including phenoxy) is 2. The van der Waals surface area contributed by atoms with Gasteiger partial charge in [0, 0.05) is 14.2 Å². The highest BCUT2D eigenvalue weighted by molar-refractivity contribution is 7.81. The van der Waals surface area contributed by atoms with Crippen LogP contribution in [0.25, 0.3) is 0 Å².